The molecule has 1 rings (SSSR count). The van der Waals surface area contributed by atoms with E-state index in [1.54, 1.807) is 0 Å². The van der Waals surface area contributed by atoms with Crippen molar-refractivity contribution in [3.05, 3.63) is 29.8 Å². The zero-order valence-electron chi connectivity index (χ0n) is 12.4. The number of ether oxygens (including phenoxy) is 1. The van der Waals surface area contributed by atoms with Crippen molar-refractivity contribution < 1.29 is 4.74 Å². The molecule has 18 heavy (non-hydrogen) atoms. The summed E-state index contributed by atoms with van der Waals surface area (Å²) in [6, 6.07) is 8.46. The summed E-state index contributed by atoms with van der Waals surface area (Å²) in [7, 11) is 0. The van der Waals surface area contributed by atoms with Crippen LogP contribution in [0.2, 0.25) is 0 Å². The summed E-state index contributed by atoms with van der Waals surface area (Å²) in [5.74, 6) is 2.20. The van der Waals surface area contributed by atoms with E-state index in [9.17, 15) is 0 Å². The Balaban J connectivity index is 2.46. The second-order valence-electron chi connectivity index (χ2n) is 5.69. The van der Waals surface area contributed by atoms with Gasteiger partial charge in [0.2, 0.25) is 0 Å². The topological polar surface area (TPSA) is 21.3 Å². The van der Waals surface area contributed by atoms with E-state index in [1.165, 1.54) is 5.56 Å². The van der Waals surface area contributed by atoms with E-state index < -0.39 is 0 Å². The molecule has 1 aromatic rings. The molecule has 0 radical (unpaired) electrons. The Labute approximate surface area is 112 Å². The molecule has 2 heteroatoms. The summed E-state index contributed by atoms with van der Waals surface area (Å²) in [5, 5.41) is 3.50. The van der Waals surface area contributed by atoms with Crippen LogP contribution >= 0.6 is 0 Å². The van der Waals surface area contributed by atoms with Crippen molar-refractivity contribution in [2.24, 2.45) is 5.92 Å². The maximum atomic E-state index is 5.65. The summed E-state index contributed by atoms with van der Waals surface area (Å²) in [6.45, 7) is 12.9. The predicted molar refractivity (Wildman–Crippen MR) is 78.3 cm³/mol. The van der Waals surface area contributed by atoms with Crippen molar-refractivity contribution in [2.45, 2.75) is 46.6 Å². The normalized spacial score (nSPS) is 13.1. The Bertz CT molecular complexity index is 329. The van der Waals surface area contributed by atoms with Crippen LogP contribution in [0.4, 0.5) is 0 Å². The summed E-state index contributed by atoms with van der Waals surface area (Å²) < 4.78 is 5.65. The monoisotopic (exact) mass is 249 g/mol. The number of benzene rings is 1. The first-order valence-electron chi connectivity index (χ1n) is 6.96. The van der Waals surface area contributed by atoms with Gasteiger partial charge in [0.25, 0.3) is 0 Å². The Morgan fingerprint density at radius 2 is 1.56 bits per heavy atom. The molecule has 0 saturated heterocycles. The molecule has 0 aliphatic rings. The van der Waals surface area contributed by atoms with Gasteiger partial charge in [0, 0.05) is 6.54 Å². The van der Waals surface area contributed by atoms with Gasteiger partial charge in [-0.25, -0.2) is 0 Å². The number of hydrogen-bond donors (Lipinski definition) is 1. The molecule has 0 spiro atoms. The molecule has 1 unspecified atom stereocenters. The van der Waals surface area contributed by atoms with Crippen LogP contribution in [0.5, 0.6) is 5.75 Å². The van der Waals surface area contributed by atoms with E-state index in [0.717, 1.165) is 18.8 Å². The van der Waals surface area contributed by atoms with Crippen molar-refractivity contribution >= 4 is 0 Å². The number of nitrogens with one attached hydrogen (secondary N) is 1. The van der Waals surface area contributed by atoms with Crippen LogP contribution in [0.3, 0.4) is 0 Å². The quantitative estimate of drug-likeness (QED) is 0.793. The highest BCUT2D eigenvalue weighted by Gasteiger charge is 2.06. The van der Waals surface area contributed by atoms with Crippen LogP contribution in [0.25, 0.3) is 0 Å². The number of hydrogen-bond acceptors (Lipinski definition) is 2. The van der Waals surface area contributed by atoms with Gasteiger partial charge in [0.15, 0.2) is 0 Å². The first-order chi connectivity index (χ1) is 8.49. The van der Waals surface area contributed by atoms with Gasteiger partial charge in [-0.3, -0.25) is 0 Å². The third kappa shape index (κ3) is 5.54. The molecule has 0 saturated carbocycles. The van der Waals surface area contributed by atoms with Gasteiger partial charge in [-0.05, 0) is 49.9 Å². The van der Waals surface area contributed by atoms with Crippen molar-refractivity contribution in [1.82, 2.24) is 5.32 Å². The van der Waals surface area contributed by atoms with E-state index in [4.69, 9.17) is 4.74 Å². The first-order valence-corrected chi connectivity index (χ1v) is 6.96. The fourth-order valence-corrected chi connectivity index (χ4v) is 1.85. The third-order valence-electron chi connectivity index (χ3n) is 2.82. The standard InChI is InChI=1S/C16H27NO/c1-12(2)10-17-11-14(5)15-6-8-16(9-7-15)18-13(3)4/h6-9,12-14,17H,10-11H2,1-5H3. The third-order valence-corrected chi connectivity index (χ3v) is 2.82. The lowest BCUT2D eigenvalue weighted by Gasteiger charge is -2.15. The van der Waals surface area contributed by atoms with Crippen molar-refractivity contribution in [2.75, 3.05) is 13.1 Å². The van der Waals surface area contributed by atoms with E-state index in [2.05, 4.69) is 50.4 Å². The van der Waals surface area contributed by atoms with Gasteiger partial charge in [0.1, 0.15) is 5.75 Å². The lowest BCUT2D eigenvalue weighted by atomic mass is 10.0. The average molecular weight is 249 g/mol. The van der Waals surface area contributed by atoms with Gasteiger partial charge in [0.05, 0.1) is 6.10 Å². The predicted octanol–water partition coefficient (Wildman–Crippen LogP) is 3.82. The first kappa shape index (κ1) is 15.0. The second kappa shape index (κ2) is 7.42. The SMILES string of the molecule is CC(C)CNCC(C)c1ccc(OC(C)C)cc1. The highest BCUT2D eigenvalue weighted by Crippen LogP contribution is 2.19. The largest absolute Gasteiger partial charge is 0.491 e. The molecular formula is C16H27NO. The van der Waals surface area contributed by atoms with Crippen LogP contribution in [-0.2, 0) is 0 Å². The van der Waals surface area contributed by atoms with Crippen molar-refractivity contribution in [3.8, 4) is 5.75 Å². The lowest BCUT2D eigenvalue weighted by Crippen LogP contribution is -2.24. The fraction of sp³-hybridized carbons (Fsp3) is 0.625. The summed E-state index contributed by atoms with van der Waals surface area (Å²) in [5.41, 5.74) is 1.36. The molecule has 0 aromatic heterocycles. The molecular weight excluding hydrogens is 222 g/mol. The highest BCUT2D eigenvalue weighted by molar-refractivity contribution is 5.29. The fourth-order valence-electron chi connectivity index (χ4n) is 1.85. The van der Waals surface area contributed by atoms with Gasteiger partial charge in [-0.15, -0.1) is 0 Å². The molecule has 0 aliphatic heterocycles. The number of rotatable bonds is 7. The van der Waals surface area contributed by atoms with Crippen LogP contribution in [0, 0.1) is 5.92 Å². The van der Waals surface area contributed by atoms with Gasteiger partial charge in [-0.1, -0.05) is 32.9 Å². The minimum Gasteiger partial charge on any atom is -0.491 e. The molecule has 1 atom stereocenters. The van der Waals surface area contributed by atoms with E-state index in [1.807, 2.05) is 13.8 Å². The van der Waals surface area contributed by atoms with E-state index in [-0.39, 0.29) is 6.10 Å². The second-order valence-corrected chi connectivity index (χ2v) is 5.69. The zero-order chi connectivity index (χ0) is 13.5. The summed E-state index contributed by atoms with van der Waals surface area (Å²) in [6.07, 6.45) is 0.237. The molecule has 0 fully saturated rings. The van der Waals surface area contributed by atoms with Crippen LogP contribution in [-0.4, -0.2) is 19.2 Å². The Kier molecular flexibility index (Phi) is 6.20. The Hall–Kier alpha value is -1.02. The smallest absolute Gasteiger partial charge is 0.119 e. The lowest BCUT2D eigenvalue weighted by molar-refractivity contribution is 0.242. The summed E-state index contributed by atoms with van der Waals surface area (Å²) in [4.78, 5) is 0. The Morgan fingerprint density at radius 3 is 2.06 bits per heavy atom. The van der Waals surface area contributed by atoms with Crippen LogP contribution in [0.1, 0.15) is 46.1 Å². The molecule has 0 heterocycles. The highest BCUT2D eigenvalue weighted by atomic mass is 16.5. The maximum Gasteiger partial charge on any atom is 0.119 e. The molecule has 0 amide bonds. The molecule has 102 valence electrons. The zero-order valence-corrected chi connectivity index (χ0v) is 12.4. The Morgan fingerprint density at radius 1 is 0.944 bits per heavy atom. The van der Waals surface area contributed by atoms with Crippen molar-refractivity contribution in [1.29, 1.82) is 0 Å². The molecule has 1 N–H and O–H groups in total. The molecule has 2 nitrogen and oxygen atoms in total. The minimum absolute atomic E-state index is 0.237. The van der Waals surface area contributed by atoms with Gasteiger partial charge in [-0.2, -0.15) is 0 Å². The average Bonchev–Trinajstić information content (AvgIpc) is 2.28. The summed E-state index contributed by atoms with van der Waals surface area (Å²) >= 11 is 0. The van der Waals surface area contributed by atoms with Gasteiger partial charge < -0.3 is 10.1 Å². The maximum absolute atomic E-state index is 5.65. The van der Waals surface area contributed by atoms with Crippen LogP contribution < -0.4 is 10.1 Å². The molecule has 1 aromatic carbocycles. The van der Waals surface area contributed by atoms with E-state index >= 15 is 0 Å². The van der Waals surface area contributed by atoms with E-state index in [0.29, 0.717) is 11.8 Å². The molecule has 0 bridgehead atoms. The van der Waals surface area contributed by atoms with Crippen molar-refractivity contribution in [3.63, 3.8) is 0 Å². The molecule has 0 aliphatic carbocycles. The van der Waals surface area contributed by atoms with Crippen LogP contribution in [0.15, 0.2) is 24.3 Å². The van der Waals surface area contributed by atoms with Gasteiger partial charge >= 0.3 is 0 Å². The minimum atomic E-state index is 0.237.